The maximum atomic E-state index is 4.52. The van der Waals surface area contributed by atoms with E-state index in [9.17, 15) is 0 Å². The third kappa shape index (κ3) is 4.86. The highest BCUT2D eigenvalue weighted by Crippen LogP contribution is 2.21. The molecule has 1 saturated heterocycles. The Morgan fingerprint density at radius 2 is 2.26 bits per heavy atom. The zero-order valence-electron chi connectivity index (χ0n) is 12.7. The molecule has 1 atom stereocenters. The van der Waals surface area contributed by atoms with E-state index in [1.807, 2.05) is 17.5 Å². The van der Waals surface area contributed by atoms with Crippen LogP contribution in [0.15, 0.2) is 6.20 Å². The fourth-order valence-corrected chi connectivity index (χ4v) is 3.35. The lowest BCUT2D eigenvalue weighted by atomic mass is 10.1. The zero-order chi connectivity index (χ0) is 13.9. The Hall–Kier alpha value is -0.450. The van der Waals surface area contributed by atoms with Crippen molar-refractivity contribution in [2.24, 2.45) is 5.92 Å². The summed E-state index contributed by atoms with van der Waals surface area (Å²) in [7, 11) is 0. The number of likely N-dealkylation sites (tertiary alicyclic amines) is 1. The van der Waals surface area contributed by atoms with Gasteiger partial charge in [-0.2, -0.15) is 0 Å². The molecular weight excluding hydrogens is 254 g/mol. The van der Waals surface area contributed by atoms with Gasteiger partial charge in [0.2, 0.25) is 0 Å². The molecule has 3 nitrogen and oxygen atoms in total. The van der Waals surface area contributed by atoms with Crippen molar-refractivity contribution in [3.63, 3.8) is 0 Å². The fraction of sp³-hybridized carbons (Fsp3) is 0.800. The average Bonchev–Trinajstić information content (AvgIpc) is 2.95. The number of aromatic nitrogens is 1. The Bertz CT molecular complexity index is 394. The van der Waals surface area contributed by atoms with Crippen molar-refractivity contribution < 1.29 is 0 Å². The molecule has 0 bridgehead atoms. The molecule has 1 aromatic rings. The predicted octanol–water partition coefficient (Wildman–Crippen LogP) is 2.92. The highest BCUT2D eigenvalue weighted by atomic mass is 32.1. The number of hydrogen-bond acceptors (Lipinski definition) is 4. The van der Waals surface area contributed by atoms with Crippen LogP contribution in [0.1, 0.15) is 44.0 Å². The van der Waals surface area contributed by atoms with Crippen molar-refractivity contribution >= 4 is 11.3 Å². The second kappa shape index (κ2) is 6.33. The zero-order valence-corrected chi connectivity index (χ0v) is 13.5. The van der Waals surface area contributed by atoms with Gasteiger partial charge < -0.3 is 5.32 Å². The van der Waals surface area contributed by atoms with E-state index in [2.05, 4.69) is 42.9 Å². The Balaban J connectivity index is 1.75. The Kier molecular flexibility index (Phi) is 4.98. The molecule has 1 fully saturated rings. The number of rotatable bonds is 5. The van der Waals surface area contributed by atoms with Gasteiger partial charge in [-0.3, -0.25) is 4.90 Å². The van der Waals surface area contributed by atoms with Crippen LogP contribution in [0.5, 0.6) is 0 Å². The van der Waals surface area contributed by atoms with Crippen LogP contribution in [0.4, 0.5) is 0 Å². The van der Waals surface area contributed by atoms with Crippen LogP contribution in [0.25, 0.3) is 0 Å². The second-order valence-electron chi connectivity index (χ2n) is 6.59. The van der Waals surface area contributed by atoms with Gasteiger partial charge in [-0.25, -0.2) is 4.98 Å². The van der Waals surface area contributed by atoms with E-state index in [0.717, 1.165) is 25.4 Å². The molecule has 0 aliphatic carbocycles. The van der Waals surface area contributed by atoms with Gasteiger partial charge in [0, 0.05) is 23.2 Å². The van der Waals surface area contributed by atoms with Gasteiger partial charge >= 0.3 is 0 Å². The van der Waals surface area contributed by atoms with Crippen molar-refractivity contribution in [1.82, 2.24) is 15.2 Å². The lowest BCUT2D eigenvalue weighted by molar-refractivity contribution is 0.305. The highest BCUT2D eigenvalue weighted by molar-refractivity contribution is 7.11. The van der Waals surface area contributed by atoms with E-state index in [1.165, 1.54) is 29.4 Å². The van der Waals surface area contributed by atoms with E-state index in [0.29, 0.717) is 0 Å². The number of thiazole rings is 1. The molecule has 0 amide bonds. The molecular formula is C15H27N3S. The molecule has 1 N–H and O–H groups in total. The average molecular weight is 281 g/mol. The smallest absolute Gasteiger partial charge is 0.107 e. The standard InChI is InChI=1S/C15H27N3S/c1-5-13-9-16-14(19-13)11-18-7-6-12(10-18)8-17-15(2,3)4/h9,12,17H,5-8,10-11H2,1-4H3. The first-order valence-electron chi connectivity index (χ1n) is 7.37. The van der Waals surface area contributed by atoms with Gasteiger partial charge in [-0.1, -0.05) is 6.92 Å². The number of nitrogens with one attached hydrogen (secondary N) is 1. The monoisotopic (exact) mass is 281 g/mol. The molecule has 0 aromatic carbocycles. The van der Waals surface area contributed by atoms with Crippen LogP contribution >= 0.6 is 11.3 Å². The first-order chi connectivity index (χ1) is 8.96. The second-order valence-corrected chi connectivity index (χ2v) is 7.79. The van der Waals surface area contributed by atoms with Crippen molar-refractivity contribution in [3.05, 3.63) is 16.1 Å². The first kappa shape index (κ1) is 14.9. The summed E-state index contributed by atoms with van der Waals surface area (Å²) in [5.74, 6) is 0.796. The SMILES string of the molecule is CCc1cnc(CN2CCC(CNC(C)(C)C)C2)s1. The summed E-state index contributed by atoms with van der Waals surface area (Å²) in [5.41, 5.74) is 0.235. The minimum absolute atomic E-state index is 0.235. The van der Waals surface area contributed by atoms with E-state index < -0.39 is 0 Å². The van der Waals surface area contributed by atoms with Crippen molar-refractivity contribution in [2.75, 3.05) is 19.6 Å². The quantitative estimate of drug-likeness (QED) is 0.899. The van der Waals surface area contributed by atoms with Crippen molar-refractivity contribution in [3.8, 4) is 0 Å². The van der Waals surface area contributed by atoms with Gasteiger partial charge in [-0.15, -0.1) is 11.3 Å². The molecule has 1 aliphatic rings. The summed E-state index contributed by atoms with van der Waals surface area (Å²) in [6.07, 6.45) is 4.46. The van der Waals surface area contributed by atoms with Gasteiger partial charge in [0.1, 0.15) is 5.01 Å². The summed E-state index contributed by atoms with van der Waals surface area (Å²) in [5, 5.41) is 4.90. The largest absolute Gasteiger partial charge is 0.312 e. The summed E-state index contributed by atoms with van der Waals surface area (Å²) in [6.45, 7) is 13.5. The van der Waals surface area contributed by atoms with Gasteiger partial charge in [0.15, 0.2) is 0 Å². The minimum atomic E-state index is 0.235. The van der Waals surface area contributed by atoms with E-state index in [-0.39, 0.29) is 5.54 Å². The molecule has 0 spiro atoms. The lowest BCUT2D eigenvalue weighted by Gasteiger charge is -2.23. The fourth-order valence-electron chi connectivity index (χ4n) is 2.45. The van der Waals surface area contributed by atoms with Gasteiger partial charge in [-0.05, 0) is 52.6 Å². The van der Waals surface area contributed by atoms with Crippen LogP contribution in [0.3, 0.4) is 0 Å². The Morgan fingerprint density at radius 1 is 1.47 bits per heavy atom. The Labute approximate surface area is 121 Å². The molecule has 108 valence electrons. The predicted molar refractivity (Wildman–Crippen MR) is 82.6 cm³/mol. The molecule has 2 heterocycles. The van der Waals surface area contributed by atoms with Gasteiger partial charge in [0.05, 0.1) is 6.54 Å². The minimum Gasteiger partial charge on any atom is -0.312 e. The third-order valence-electron chi connectivity index (χ3n) is 3.60. The molecule has 1 aromatic heterocycles. The molecule has 19 heavy (non-hydrogen) atoms. The summed E-state index contributed by atoms with van der Waals surface area (Å²) < 4.78 is 0. The molecule has 1 unspecified atom stereocenters. The van der Waals surface area contributed by atoms with Crippen LogP contribution < -0.4 is 5.32 Å². The van der Waals surface area contributed by atoms with Crippen molar-refractivity contribution in [2.45, 2.75) is 52.6 Å². The van der Waals surface area contributed by atoms with Crippen molar-refractivity contribution in [1.29, 1.82) is 0 Å². The summed E-state index contributed by atoms with van der Waals surface area (Å²) in [6, 6.07) is 0. The summed E-state index contributed by atoms with van der Waals surface area (Å²) >= 11 is 1.87. The lowest BCUT2D eigenvalue weighted by Crippen LogP contribution is -2.39. The first-order valence-corrected chi connectivity index (χ1v) is 8.19. The maximum absolute atomic E-state index is 4.52. The topological polar surface area (TPSA) is 28.2 Å². The van der Waals surface area contributed by atoms with E-state index in [1.54, 1.807) is 0 Å². The third-order valence-corrected chi connectivity index (χ3v) is 4.73. The molecule has 2 rings (SSSR count). The molecule has 0 saturated carbocycles. The number of nitrogens with zero attached hydrogens (tertiary/aromatic N) is 2. The van der Waals surface area contributed by atoms with Crippen LogP contribution in [0.2, 0.25) is 0 Å². The van der Waals surface area contributed by atoms with Crippen LogP contribution in [0, 0.1) is 5.92 Å². The van der Waals surface area contributed by atoms with Crippen LogP contribution in [-0.2, 0) is 13.0 Å². The Morgan fingerprint density at radius 3 is 2.89 bits per heavy atom. The number of aryl methyl sites for hydroxylation is 1. The van der Waals surface area contributed by atoms with Crippen LogP contribution in [-0.4, -0.2) is 35.1 Å². The molecule has 0 radical (unpaired) electrons. The summed E-state index contributed by atoms with van der Waals surface area (Å²) in [4.78, 5) is 8.47. The number of hydrogen-bond donors (Lipinski definition) is 1. The molecule has 1 aliphatic heterocycles. The van der Waals surface area contributed by atoms with E-state index in [4.69, 9.17) is 0 Å². The highest BCUT2D eigenvalue weighted by Gasteiger charge is 2.24. The van der Waals surface area contributed by atoms with Gasteiger partial charge in [0.25, 0.3) is 0 Å². The van der Waals surface area contributed by atoms with E-state index >= 15 is 0 Å². The molecule has 4 heteroatoms. The maximum Gasteiger partial charge on any atom is 0.107 e. The normalized spacial score (nSPS) is 21.2.